The van der Waals surface area contributed by atoms with E-state index in [9.17, 15) is 9.59 Å². The molecule has 0 spiro atoms. The fraction of sp³-hybridized carbons (Fsp3) is 0.263. The molecule has 0 heterocycles. The first-order chi connectivity index (χ1) is 11.0. The normalized spacial score (nSPS) is 10.4. The van der Waals surface area contributed by atoms with Gasteiger partial charge in [-0.05, 0) is 30.7 Å². The number of anilines is 1. The molecule has 0 aliphatic rings. The molecule has 2 aromatic rings. The van der Waals surface area contributed by atoms with Gasteiger partial charge < -0.3 is 10.6 Å². The second kappa shape index (κ2) is 7.58. The van der Waals surface area contributed by atoms with Crippen molar-refractivity contribution < 1.29 is 9.59 Å². The van der Waals surface area contributed by atoms with E-state index >= 15 is 0 Å². The maximum absolute atomic E-state index is 12.2. The quantitative estimate of drug-likeness (QED) is 0.887. The van der Waals surface area contributed by atoms with Crippen molar-refractivity contribution in [1.29, 1.82) is 0 Å². The van der Waals surface area contributed by atoms with Crippen LogP contribution in [0.3, 0.4) is 0 Å². The lowest BCUT2D eigenvalue weighted by atomic mass is 10.1. The van der Waals surface area contributed by atoms with Crippen molar-refractivity contribution in [3.8, 4) is 0 Å². The number of carbonyl (C=O) groups is 2. The van der Waals surface area contributed by atoms with Crippen molar-refractivity contribution in [2.75, 3.05) is 5.32 Å². The SMILES string of the molecule is Cc1ccc(CNC(=O)c2cccc(NC(=O)C(C)C)c2)cc1. The molecule has 0 fully saturated rings. The van der Waals surface area contributed by atoms with Crippen molar-refractivity contribution in [3.63, 3.8) is 0 Å². The smallest absolute Gasteiger partial charge is 0.251 e. The minimum absolute atomic E-state index is 0.0674. The van der Waals surface area contributed by atoms with E-state index in [1.54, 1.807) is 24.3 Å². The van der Waals surface area contributed by atoms with Crippen LogP contribution in [0.15, 0.2) is 48.5 Å². The molecule has 0 unspecified atom stereocenters. The number of carbonyl (C=O) groups excluding carboxylic acids is 2. The van der Waals surface area contributed by atoms with Crippen LogP contribution in [0.1, 0.15) is 35.3 Å². The summed E-state index contributed by atoms with van der Waals surface area (Å²) in [4.78, 5) is 24.0. The van der Waals surface area contributed by atoms with E-state index in [-0.39, 0.29) is 17.7 Å². The highest BCUT2D eigenvalue weighted by Crippen LogP contribution is 2.12. The number of benzene rings is 2. The number of hydrogen-bond donors (Lipinski definition) is 2. The zero-order chi connectivity index (χ0) is 16.8. The van der Waals surface area contributed by atoms with Crippen LogP contribution >= 0.6 is 0 Å². The average Bonchev–Trinajstić information content (AvgIpc) is 2.54. The standard InChI is InChI=1S/C19H22N2O2/c1-13(2)18(22)21-17-6-4-5-16(11-17)19(23)20-12-15-9-7-14(3)8-10-15/h4-11,13H,12H2,1-3H3,(H,20,23)(H,21,22). The Bertz CT molecular complexity index is 691. The van der Waals surface area contributed by atoms with Gasteiger partial charge in [-0.15, -0.1) is 0 Å². The van der Waals surface area contributed by atoms with Gasteiger partial charge in [-0.1, -0.05) is 49.7 Å². The van der Waals surface area contributed by atoms with Gasteiger partial charge in [-0.3, -0.25) is 9.59 Å². The van der Waals surface area contributed by atoms with Crippen LogP contribution in [0, 0.1) is 12.8 Å². The Balaban J connectivity index is 1.99. The number of hydrogen-bond acceptors (Lipinski definition) is 2. The van der Waals surface area contributed by atoms with E-state index in [1.165, 1.54) is 5.56 Å². The highest BCUT2D eigenvalue weighted by atomic mass is 16.2. The van der Waals surface area contributed by atoms with Gasteiger partial charge in [0.1, 0.15) is 0 Å². The predicted molar refractivity (Wildman–Crippen MR) is 92.3 cm³/mol. The van der Waals surface area contributed by atoms with Gasteiger partial charge in [0.25, 0.3) is 5.91 Å². The summed E-state index contributed by atoms with van der Waals surface area (Å²) in [5.74, 6) is -0.331. The van der Waals surface area contributed by atoms with E-state index in [2.05, 4.69) is 10.6 Å². The van der Waals surface area contributed by atoms with Crippen LogP contribution in [0.5, 0.6) is 0 Å². The summed E-state index contributed by atoms with van der Waals surface area (Å²) in [6, 6.07) is 15.0. The van der Waals surface area contributed by atoms with Crippen LogP contribution in [0.2, 0.25) is 0 Å². The Kier molecular flexibility index (Phi) is 5.52. The summed E-state index contributed by atoms with van der Waals surface area (Å²) in [7, 11) is 0. The number of nitrogens with one attached hydrogen (secondary N) is 2. The van der Waals surface area contributed by atoms with Gasteiger partial charge in [0.2, 0.25) is 5.91 Å². The molecule has 2 amide bonds. The van der Waals surface area contributed by atoms with Gasteiger partial charge in [0.15, 0.2) is 0 Å². The molecule has 0 aromatic heterocycles. The summed E-state index contributed by atoms with van der Waals surface area (Å²) in [5.41, 5.74) is 3.40. The van der Waals surface area contributed by atoms with Crippen LogP contribution in [-0.4, -0.2) is 11.8 Å². The topological polar surface area (TPSA) is 58.2 Å². The fourth-order valence-electron chi connectivity index (χ4n) is 2.02. The lowest BCUT2D eigenvalue weighted by Crippen LogP contribution is -2.23. The van der Waals surface area contributed by atoms with Crippen LogP contribution in [0.25, 0.3) is 0 Å². The molecule has 0 atom stereocenters. The minimum atomic E-state index is -0.161. The molecule has 2 rings (SSSR count). The molecule has 2 N–H and O–H groups in total. The van der Waals surface area contributed by atoms with E-state index in [0.717, 1.165) is 5.56 Å². The molecule has 0 aliphatic carbocycles. The summed E-state index contributed by atoms with van der Waals surface area (Å²) in [6.45, 7) is 6.15. The molecule has 0 radical (unpaired) electrons. The monoisotopic (exact) mass is 310 g/mol. The van der Waals surface area contributed by atoms with Crippen molar-refractivity contribution in [1.82, 2.24) is 5.32 Å². The fourth-order valence-corrected chi connectivity index (χ4v) is 2.02. The third kappa shape index (κ3) is 4.95. The minimum Gasteiger partial charge on any atom is -0.348 e. The Morgan fingerprint density at radius 3 is 2.39 bits per heavy atom. The first-order valence-electron chi connectivity index (χ1n) is 7.70. The molecule has 23 heavy (non-hydrogen) atoms. The third-order valence-corrected chi connectivity index (χ3v) is 3.49. The Hall–Kier alpha value is -2.62. The first kappa shape index (κ1) is 16.7. The summed E-state index contributed by atoms with van der Waals surface area (Å²) >= 11 is 0. The van der Waals surface area contributed by atoms with Gasteiger partial charge >= 0.3 is 0 Å². The predicted octanol–water partition coefficient (Wildman–Crippen LogP) is 3.52. The zero-order valence-electron chi connectivity index (χ0n) is 13.7. The van der Waals surface area contributed by atoms with E-state index in [0.29, 0.717) is 17.8 Å². The average molecular weight is 310 g/mol. The van der Waals surface area contributed by atoms with Gasteiger partial charge in [-0.2, -0.15) is 0 Å². The molecular formula is C19H22N2O2. The van der Waals surface area contributed by atoms with Crippen LogP contribution < -0.4 is 10.6 Å². The highest BCUT2D eigenvalue weighted by Gasteiger charge is 2.10. The zero-order valence-corrected chi connectivity index (χ0v) is 13.7. The number of rotatable bonds is 5. The van der Waals surface area contributed by atoms with Crippen molar-refractivity contribution in [3.05, 3.63) is 65.2 Å². The van der Waals surface area contributed by atoms with Crippen molar-refractivity contribution in [2.45, 2.75) is 27.3 Å². The molecule has 0 bridgehead atoms. The second-order valence-electron chi connectivity index (χ2n) is 5.89. The maximum Gasteiger partial charge on any atom is 0.251 e. The summed E-state index contributed by atoms with van der Waals surface area (Å²) in [5, 5.41) is 5.68. The third-order valence-electron chi connectivity index (χ3n) is 3.49. The van der Waals surface area contributed by atoms with Crippen molar-refractivity contribution in [2.24, 2.45) is 5.92 Å². The number of amides is 2. The van der Waals surface area contributed by atoms with E-state index < -0.39 is 0 Å². The highest BCUT2D eigenvalue weighted by molar-refractivity contribution is 5.97. The second-order valence-corrected chi connectivity index (χ2v) is 5.89. The Morgan fingerprint density at radius 2 is 1.74 bits per heavy atom. The van der Waals surface area contributed by atoms with E-state index in [1.807, 2.05) is 45.0 Å². The largest absolute Gasteiger partial charge is 0.348 e. The number of aryl methyl sites for hydroxylation is 1. The van der Waals surface area contributed by atoms with Crippen LogP contribution in [0.4, 0.5) is 5.69 Å². The molecule has 0 saturated heterocycles. The molecule has 120 valence electrons. The Labute approximate surface area is 136 Å². The first-order valence-corrected chi connectivity index (χ1v) is 7.70. The molecule has 4 heteroatoms. The molecular weight excluding hydrogens is 288 g/mol. The molecule has 0 saturated carbocycles. The van der Waals surface area contributed by atoms with Crippen LogP contribution in [-0.2, 0) is 11.3 Å². The molecule has 0 aliphatic heterocycles. The summed E-state index contributed by atoms with van der Waals surface area (Å²) in [6.07, 6.45) is 0. The Morgan fingerprint density at radius 1 is 1.04 bits per heavy atom. The lowest BCUT2D eigenvalue weighted by molar-refractivity contribution is -0.118. The van der Waals surface area contributed by atoms with Crippen molar-refractivity contribution >= 4 is 17.5 Å². The molecule has 2 aromatic carbocycles. The van der Waals surface area contributed by atoms with E-state index in [4.69, 9.17) is 0 Å². The maximum atomic E-state index is 12.2. The van der Waals surface area contributed by atoms with Gasteiger partial charge in [0.05, 0.1) is 0 Å². The van der Waals surface area contributed by atoms with Gasteiger partial charge in [-0.25, -0.2) is 0 Å². The molecule has 4 nitrogen and oxygen atoms in total. The summed E-state index contributed by atoms with van der Waals surface area (Å²) < 4.78 is 0. The lowest BCUT2D eigenvalue weighted by Gasteiger charge is -2.10. The van der Waals surface area contributed by atoms with Gasteiger partial charge in [0, 0.05) is 23.7 Å².